The SMILES string of the molecule is CNCc1cc(S(=O)(=O)Nc2ccc(I)cc2Cl)cs1. The summed E-state index contributed by atoms with van der Waals surface area (Å²) in [6.07, 6.45) is 0. The molecule has 1 aromatic carbocycles. The summed E-state index contributed by atoms with van der Waals surface area (Å²) < 4.78 is 28.0. The zero-order valence-electron chi connectivity index (χ0n) is 10.5. The fourth-order valence-electron chi connectivity index (χ4n) is 1.54. The molecule has 2 N–H and O–H groups in total. The van der Waals surface area contributed by atoms with Crippen LogP contribution in [0.1, 0.15) is 4.88 Å². The Hall–Kier alpha value is -0.350. The molecule has 0 radical (unpaired) electrons. The van der Waals surface area contributed by atoms with Crippen molar-refractivity contribution >= 4 is 61.2 Å². The number of rotatable bonds is 5. The fraction of sp³-hybridized carbons (Fsp3) is 0.167. The van der Waals surface area contributed by atoms with Gasteiger partial charge in [-0.15, -0.1) is 11.3 Å². The van der Waals surface area contributed by atoms with E-state index in [0.29, 0.717) is 17.3 Å². The van der Waals surface area contributed by atoms with Crippen molar-refractivity contribution in [3.8, 4) is 0 Å². The molecule has 20 heavy (non-hydrogen) atoms. The molecule has 0 aliphatic rings. The lowest BCUT2D eigenvalue weighted by molar-refractivity contribution is 0.601. The average molecular weight is 443 g/mol. The van der Waals surface area contributed by atoms with E-state index in [1.54, 1.807) is 29.6 Å². The minimum atomic E-state index is -3.60. The van der Waals surface area contributed by atoms with Gasteiger partial charge in [0.15, 0.2) is 0 Å². The molecule has 8 heteroatoms. The molecule has 0 aliphatic heterocycles. The Morgan fingerprint density at radius 1 is 1.35 bits per heavy atom. The molecule has 0 amide bonds. The Morgan fingerprint density at radius 2 is 2.10 bits per heavy atom. The van der Waals surface area contributed by atoms with Crippen molar-refractivity contribution < 1.29 is 8.42 Å². The zero-order valence-corrected chi connectivity index (χ0v) is 15.0. The van der Waals surface area contributed by atoms with E-state index in [9.17, 15) is 8.42 Å². The first kappa shape index (κ1) is 16.0. The molecule has 2 aromatic rings. The van der Waals surface area contributed by atoms with Crippen LogP contribution in [0, 0.1) is 3.57 Å². The van der Waals surface area contributed by atoms with Crippen molar-refractivity contribution in [2.45, 2.75) is 11.4 Å². The summed E-state index contributed by atoms with van der Waals surface area (Å²) in [5.41, 5.74) is 0.383. The molecule has 0 atom stereocenters. The van der Waals surface area contributed by atoms with Gasteiger partial charge < -0.3 is 5.32 Å². The van der Waals surface area contributed by atoms with Crippen LogP contribution < -0.4 is 10.0 Å². The van der Waals surface area contributed by atoms with Gasteiger partial charge in [0.2, 0.25) is 0 Å². The maximum atomic E-state index is 12.3. The zero-order chi connectivity index (χ0) is 14.8. The number of halogens is 2. The summed E-state index contributed by atoms with van der Waals surface area (Å²) in [4.78, 5) is 1.21. The second-order valence-electron chi connectivity index (χ2n) is 4.01. The predicted molar refractivity (Wildman–Crippen MR) is 92.1 cm³/mol. The second kappa shape index (κ2) is 6.61. The number of thiophene rings is 1. The van der Waals surface area contributed by atoms with Crippen LogP contribution in [-0.4, -0.2) is 15.5 Å². The molecule has 0 spiro atoms. The van der Waals surface area contributed by atoms with E-state index < -0.39 is 10.0 Å². The van der Waals surface area contributed by atoms with E-state index in [-0.39, 0.29) is 4.90 Å². The third kappa shape index (κ3) is 3.85. The molecular weight excluding hydrogens is 431 g/mol. The van der Waals surface area contributed by atoms with E-state index in [1.165, 1.54) is 11.3 Å². The summed E-state index contributed by atoms with van der Waals surface area (Å²) in [6.45, 7) is 0.643. The number of hydrogen-bond acceptors (Lipinski definition) is 4. The molecule has 0 bridgehead atoms. The molecule has 0 saturated heterocycles. The van der Waals surface area contributed by atoms with Crippen molar-refractivity contribution in [2.75, 3.05) is 11.8 Å². The summed E-state index contributed by atoms with van der Waals surface area (Å²) in [7, 11) is -1.78. The Kier molecular flexibility index (Phi) is 5.30. The molecule has 0 aliphatic carbocycles. The van der Waals surface area contributed by atoms with Gasteiger partial charge in [0.1, 0.15) is 0 Å². The molecule has 1 heterocycles. The van der Waals surface area contributed by atoms with Crippen LogP contribution in [0.3, 0.4) is 0 Å². The number of nitrogens with one attached hydrogen (secondary N) is 2. The topological polar surface area (TPSA) is 58.2 Å². The van der Waals surface area contributed by atoms with Crippen molar-refractivity contribution in [3.63, 3.8) is 0 Å². The summed E-state index contributed by atoms with van der Waals surface area (Å²) in [6, 6.07) is 6.82. The van der Waals surface area contributed by atoms with Crippen molar-refractivity contribution in [3.05, 3.63) is 43.1 Å². The largest absolute Gasteiger partial charge is 0.315 e. The lowest BCUT2D eigenvalue weighted by Crippen LogP contribution is -2.12. The highest BCUT2D eigenvalue weighted by Crippen LogP contribution is 2.27. The van der Waals surface area contributed by atoms with Crippen LogP contribution in [0.4, 0.5) is 5.69 Å². The van der Waals surface area contributed by atoms with E-state index in [2.05, 4.69) is 32.6 Å². The van der Waals surface area contributed by atoms with Crippen LogP contribution in [0.25, 0.3) is 0 Å². The first-order valence-electron chi connectivity index (χ1n) is 5.62. The first-order chi connectivity index (χ1) is 9.42. The third-order valence-electron chi connectivity index (χ3n) is 2.47. The monoisotopic (exact) mass is 442 g/mol. The van der Waals surface area contributed by atoms with E-state index >= 15 is 0 Å². The van der Waals surface area contributed by atoms with E-state index in [0.717, 1.165) is 8.45 Å². The minimum Gasteiger partial charge on any atom is -0.315 e. The van der Waals surface area contributed by atoms with Gasteiger partial charge in [-0.25, -0.2) is 8.42 Å². The standard InChI is InChI=1S/C12H12ClIN2O2S2/c1-15-6-9-5-10(7-19-9)20(17,18)16-12-3-2-8(14)4-11(12)13/h2-5,7,15-16H,6H2,1H3. The van der Waals surface area contributed by atoms with Gasteiger partial charge in [0.05, 0.1) is 15.6 Å². The van der Waals surface area contributed by atoms with E-state index in [1.807, 2.05) is 7.05 Å². The third-order valence-corrected chi connectivity index (χ3v) is 5.88. The normalized spacial score (nSPS) is 11.6. The molecular formula is C12H12ClIN2O2S2. The van der Waals surface area contributed by atoms with Gasteiger partial charge in [0, 0.05) is 20.4 Å². The maximum absolute atomic E-state index is 12.3. The number of sulfonamides is 1. The van der Waals surface area contributed by atoms with Gasteiger partial charge in [-0.2, -0.15) is 0 Å². The lowest BCUT2D eigenvalue weighted by Gasteiger charge is -2.08. The van der Waals surface area contributed by atoms with Crippen LogP contribution in [0.5, 0.6) is 0 Å². The van der Waals surface area contributed by atoms with Crippen LogP contribution in [0.2, 0.25) is 5.02 Å². The fourth-order valence-corrected chi connectivity index (χ4v) is 4.87. The Bertz CT molecular complexity index is 716. The quantitative estimate of drug-likeness (QED) is 0.697. The van der Waals surface area contributed by atoms with Gasteiger partial charge in [-0.05, 0) is 53.9 Å². The maximum Gasteiger partial charge on any atom is 0.262 e. The van der Waals surface area contributed by atoms with E-state index in [4.69, 9.17) is 11.6 Å². The predicted octanol–water partition coefficient (Wildman–Crippen LogP) is 3.53. The molecule has 108 valence electrons. The van der Waals surface area contributed by atoms with Crippen molar-refractivity contribution in [1.29, 1.82) is 0 Å². The highest BCUT2D eigenvalue weighted by molar-refractivity contribution is 14.1. The van der Waals surface area contributed by atoms with Crippen LogP contribution >= 0.6 is 45.5 Å². The number of anilines is 1. The van der Waals surface area contributed by atoms with Gasteiger partial charge >= 0.3 is 0 Å². The molecule has 2 rings (SSSR count). The summed E-state index contributed by atoms with van der Waals surface area (Å²) in [5, 5.41) is 4.99. The number of hydrogen-bond donors (Lipinski definition) is 2. The summed E-state index contributed by atoms with van der Waals surface area (Å²) >= 11 is 9.56. The number of benzene rings is 1. The van der Waals surface area contributed by atoms with Gasteiger partial charge in [-0.1, -0.05) is 11.6 Å². The average Bonchev–Trinajstić information content (AvgIpc) is 2.83. The Labute approximate surface area is 140 Å². The Balaban J connectivity index is 2.26. The molecule has 0 unspecified atom stereocenters. The highest BCUT2D eigenvalue weighted by Gasteiger charge is 2.17. The van der Waals surface area contributed by atoms with Gasteiger partial charge in [0.25, 0.3) is 10.0 Å². The smallest absolute Gasteiger partial charge is 0.262 e. The molecule has 0 fully saturated rings. The van der Waals surface area contributed by atoms with Gasteiger partial charge in [-0.3, -0.25) is 4.72 Å². The van der Waals surface area contributed by atoms with Crippen molar-refractivity contribution in [1.82, 2.24) is 5.32 Å². The van der Waals surface area contributed by atoms with Crippen LogP contribution in [0.15, 0.2) is 34.5 Å². The highest BCUT2D eigenvalue weighted by atomic mass is 127. The molecule has 4 nitrogen and oxygen atoms in total. The second-order valence-corrected chi connectivity index (χ2v) is 8.34. The van der Waals surface area contributed by atoms with Crippen molar-refractivity contribution in [2.24, 2.45) is 0 Å². The molecule has 1 aromatic heterocycles. The lowest BCUT2D eigenvalue weighted by atomic mass is 10.3. The molecule has 0 saturated carbocycles. The minimum absolute atomic E-state index is 0.252. The first-order valence-corrected chi connectivity index (χ1v) is 9.44. The Morgan fingerprint density at radius 3 is 2.75 bits per heavy atom. The summed E-state index contributed by atoms with van der Waals surface area (Å²) in [5.74, 6) is 0. The van der Waals surface area contributed by atoms with Crippen LogP contribution in [-0.2, 0) is 16.6 Å².